The second kappa shape index (κ2) is 11.9. The lowest BCUT2D eigenvalue weighted by molar-refractivity contribution is 1.28. The van der Waals surface area contributed by atoms with Gasteiger partial charge >= 0.3 is 0 Å². The summed E-state index contributed by atoms with van der Waals surface area (Å²) < 4.78 is 0. The van der Waals surface area contributed by atoms with Crippen molar-refractivity contribution in [2.75, 3.05) is 4.90 Å². The van der Waals surface area contributed by atoms with Crippen LogP contribution in [0.5, 0.6) is 0 Å². The van der Waals surface area contributed by atoms with Gasteiger partial charge in [-0.05, 0) is 109 Å². The predicted octanol–water partition coefficient (Wildman–Crippen LogP) is 9.81. The number of anilines is 3. The molecular formula is C38H29N5. The Bertz CT molecular complexity index is 1890. The van der Waals surface area contributed by atoms with Crippen LogP contribution in [0.4, 0.5) is 17.1 Å². The Morgan fingerprint density at radius 2 is 0.674 bits per heavy atom. The summed E-state index contributed by atoms with van der Waals surface area (Å²) in [5.41, 5.74) is 11.4. The standard InChI is InChI=1S/C20H14N4.C18H15N/c1-2-14-10-16-5-6-18(23-16)12-20-8-7-19(24-20)11-17-4-3-15(22-17)9-13(1)21-14;1-4-10-16(11-5-1)19(17-12-6-2-7-13-17)18-14-8-3-9-15-18/h1-12,21-22H;1-15H. The van der Waals surface area contributed by atoms with Gasteiger partial charge in [-0.3, -0.25) is 0 Å². The van der Waals surface area contributed by atoms with Crippen LogP contribution >= 0.6 is 0 Å². The number of rotatable bonds is 3. The Labute approximate surface area is 250 Å². The smallest absolute Gasteiger partial charge is 0.0659 e. The van der Waals surface area contributed by atoms with Crippen molar-refractivity contribution in [1.82, 2.24) is 19.9 Å². The van der Waals surface area contributed by atoms with Crippen molar-refractivity contribution >= 4 is 63.4 Å². The summed E-state index contributed by atoms with van der Waals surface area (Å²) in [6.07, 6.45) is 8.05. The van der Waals surface area contributed by atoms with Crippen molar-refractivity contribution in [3.8, 4) is 0 Å². The molecule has 206 valence electrons. The maximum atomic E-state index is 4.62. The van der Waals surface area contributed by atoms with Crippen LogP contribution in [0.2, 0.25) is 0 Å². The zero-order valence-corrected chi connectivity index (χ0v) is 23.4. The summed E-state index contributed by atoms with van der Waals surface area (Å²) in [7, 11) is 0. The molecule has 0 atom stereocenters. The van der Waals surface area contributed by atoms with E-state index in [9.17, 15) is 0 Å². The molecule has 5 heteroatoms. The lowest BCUT2D eigenvalue weighted by Gasteiger charge is -2.25. The van der Waals surface area contributed by atoms with Crippen LogP contribution in [0.1, 0.15) is 22.8 Å². The summed E-state index contributed by atoms with van der Waals surface area (Å²) in [5.74, 6) is 0. The highest BCUT2D eigenvalue weighted by atomic mass is 15.1. The average Bonchev–Trinajstić information content (AvgIpc) is 3.86. The van der Waals surface area contributed by atoms with E-state index in [1.54, 1.807) is 0 Å². The third kappa shape index (κ3) is 6.21. The molecule has 6 aromatic rings. The number of aromatic nitrogens is 4. The molecule has 2 aliphatic rings. The fourth-order valence-corrected chi connectivity index (χ4v) is 5.12. The molecule has 8 bridgehead atoms. The van der Waals surface area contributed by atoms with Crippen LogP contribution in [-0.4, -0.2) is 19.9 Å². The van der Waals surface area contributed by atoms with Gasteiger partial charge in [0.2, 0.25) is 0 Å². The van der Waals surface area contributed by atoms with Crippen molar-refractivity contribution < 1.29 is 0 Å². The maximum Gasteiger partial charge on any atom is 0.0659 e. The minimum absolute atomic E-state index is 0.915. The third-order valence-corrected chi connectivity index (χ3v) is 7.09. The molecule has 2 aliphatic heterocycles. The number of fused-ring (bicyclic) bond motifs is 8. The van der Waals surface area contributed by atoms with Crippen molar-refractivity contribution in [3.63, 3.8) is 0 Å². The van der Waals surface area contributed by atoms with E-state index in [1.807, 2.05) is 60.7 Å². The van der Waals surface area contributed by atoms with Gasteiger partial charge in [0.1, 0.15) is 0 Å². The Morgan fingerprint density at radius 3 is 1.05 bits per heavy atom. The van der Waals surface area contributed by atoms with Crippen LogP contribution in [0.3, 0.4) is 0 Å². The lowest BCUT2D eigenvalue weighted by Crippen LogP contribution is -2.09. The first-order valence-electron chi connectivity index (χ1n) is 14.2. The van der Waals surface area contributed by atoms with Crippen LogP contribution in [-0.2, 0) is 0 Å². The van der Waals surface area contributed by atoms with Crippen molar-refractivity contribution in [2.45, 2.75) is 0 Å². The highest BCUT2D eigenvalue weighted by Crippen LogP contribution is 2.33. The molecule has 0 amide bonds. The second-order valence-corrected chi connectivity index (χ2v) is 10.2. The van der Waals surface area contributed by atoms with Gasteiger partial charge in [0, 0.05) is 39.1 Å². The van der Waals surface area contributed by atoms with E-state index in [1.165, 1.54) is 17.1 Å². The number of benzene rings is 3. The topological polar surface area (TPSA) is 60.6 Å². The summed E-state index contributed by atoms with van der Waals surface area (Å²) >= 11 is 0. The molecule has 2 N–H and O–H groups in total. The highest BCUT2D eigenvalue weighted by Gasteiger charge is 2.10. The van der Waals surface area contributed by atoms with Gasteiger partial charge in [-0.25, -0.2) is 9.97 Å². The molecule has 0 fully saturated rings. The SMILES string of the molecule is C1=Cc2cc3ccc(cc4ccc(cc5nc(cc1n2)C=C5)[nH]4)[nH]3.c1ccc(N(c2ccccc2)c2ccccc2)cc1. The molecular weight excluding hydrogens is 526 g/mol. The summed E-state index contributed by atoms with van der Waals surface area (Å²) in [4.78, 5) is 18.3. The van der Waals surface area contributed by atoms with E-state index in [0.29, 0.717) is 0 Å². The van der Waals surface area contributed by atoms with Crippen molar-refractivity contribution in [2.24, 2.45) is 0 Å². The number of hydrogen-bond acceptors (Lipinski definition) is 3. The fourth-order valence-electron chi connectivity index (χ4n) is 5.12. The van der Waals surface area contributed by atoms with Gasteiger partial charge < -0.3 is 14.9 Å². The largest absolute Gasteiger partial charge is 0.355 e. The summed E-state index contributed by atoms with van der Waals surface area (Å²) in [5, 5.41) is 0. The zero-order chi connectivity index (χ0) is 28.8. The van der Waals surface area contributed by atoms with Crippen LogP contribution in [0.15, 0.2) is 140 Å². The number of nitrogens with zero attached hydrogens (tertiary/aromatic N) is 3. The average molecular weight is 556 g/mol. The molecule has 0 aliphatic carbocycles. The monoisotopic (exact) mass is 555 g/mol. The molecule has 5 nitrogen and oxygen atoms in total. The molecule has 3 aromatic heterocycles. The van der Waals surface area contributed by atoms with E-state index in [2.05, 4.69) is 128 Å². The fraction of sp³-hybridized carbons (Fsp3) is 0. The van der Waals surface area contributed by atoms with E-state index < -0.39 is 0 Å². The summed E-state index contributed by atoms with van der Waals surface area (Å²) in [6.45, 7) is 0. The predicted molar refractivity (Wildman–Crippen MR) is 180 cm³/mol. The summed E-state index contributed by atoms with van der Waals surface area (Å²) in [6, 6.07) is 47.7. The minimum Gasteiger partial charge on any atom is -0.355 e. The zero-order valence-electron chi connectivity index (χ0n) is 23.4. The van der Waals surface area contributed by atoms with E-state index in [4.69, 9.17) is 0 Å². The van der Waals surface area contributed by atoms with Crippen molar-refractivity contribution in [1.29, 1.82) is 0 Å². The third-order valence-electron chi connectivity index (χ3n) is 7.09. The Balaban J connectivity index is 0.000000144. The normalized spacial score (nSPS) is 11.5. The first kappa shape index (κ1) is 26.0. The lowest BCUT2D eigenvalue weighted by atomic mass is 10.2. The molecule has 0 unspecified atom stereocenters. The molecule has 8 rings (SSSR count). The molecule has 5 heterocycles. The second-order valence-electron chi connectivity index (χ2n) is 10.2. The number of hydrogen-bond donors (Lipinski definition) is 2. The first-order valence-corrected chi connectivity index (χ1v) is 14.2. The van der Waals surface area contributed by atoms with Crippen LogP contribution < -0.4 is 4.90 Å². The molecule has 0 saturated carbocycles. The number of para-hydroxylation sites is 3. The Hall–Kier alpha value is -5.94. The maximum absolute atomic E-state index is 4.62. The van der Waals surface area contributed by atoms with Gasteiger partial charge in [-0.1, -0.05) is 54.6 Å². The van der Waals surface area contributed by atoms with Gasteiger partial charge in [0.15, 0.2) is 0 Å². The molecule has 43 heavy (non-hydrogen) atoms. The molecule has 3 aromatic carbocycles. The minimum atomic E-state index is 0.915. The number of H-pyrrole nitrogens is 2. The number of nitrogens with one attached hydrogen (secondary N) is 2. The van der Waals surface area contributed by atoms with Gasteiger partial charge in [0.05, 0.1) is 22.8 Å². The Morgan fingerprint density at radius 1 is 0.349 bits per heavy atom. The van der Waals surface area contributed by atoms with Gasteiger partial charge in [-0.2, -0.15) is 0 Å². The highest BCUT2D eigenvalue weighted by molar-refractivity contribution is 5.78. The van der Waals surface area contributed by atoms with E-state index >= 15 is 0 Å². The molecule has 0 radical (unpaired) electrons. The van der Waals surface area contributed by atoms with Crippen LogP contribution in [0, 0.1) is 0 Å². The number of aromatic amines is 2. The molecule has 0 saturated heterocycles. The van der Waals surface area contributed by atoms with Crippen molar-refractivity contribution in [3.05, 3.63) is 162 Å². The van der Waals surface area contributed by atoms with Gasteiger partial charge in [0.25, 0.3) is 0 Å². The Kier molecular flexibility index (Phi) is 7.19. The van der Waals surface area contributed by atoms with E-state index in [0.717, 1.165) is 44.8 Å². The van der Waals surface area contributed by atoms with Crippen LogP contribution in [0.25, 0.3) is 46.4 Å². The quantitative estimate of drug-likeness (QED) is 0.228. The van der Waals surface area contributed by atoms with Gasteiger partial charge in [-0.15, -0.1) is 0 Å². The first-order chi connectivity index (χ1) is 21.2. The molecule has 0 spiro atoms. The van der Waals surface area contributed by atoms with E-state index in [-0.39, 0.29) is 0 Å².